The van der Waals surface area contributed by atoms with E-state index in [1.165, 1.54) is 24.3 Å². The van der Waals surface area contributed by atoms with Crippen molar-refractivity contribution in [2.45, 2.75) is 39.1 Å². The third kappa shape index (κ3) is 11.5. The lowest BCUT2D eigenvalue weighted by molar-refractivity contribution is -0.352. The smallest absolute Gasteiger partial charge is 0.339 e. The molecule has 0 fully saturated rings. The van der Waals surface area contributed by atoms with Gasteiger partial charge in [-0.05, 0) is 39.0 Å². The Morgan fingerprint density at radius 3 is 1.76 bits per heavy atom. The van der Waals surface area contributed by atoms with E-state index in [4.69, 9.17) is 28.7 Å². The molecule has 3 rings (SSSR count). The first-order chi connectivity index (χ1) is 21.7. The predicted molar refractivity (Wildman–Crippen MR) is 161 cm³/mol. The Bertz CT molecular complexity index is 1440. The van der Waals surface area contributed by atoms with Crippen molar-refractivity contribution in [1.29, 1.82) is 0 Å². The van der Waals surface area contributed by atoms with Crippen LogP contribution in [0.3, 0.4) is 0 Å². The van der Waals surface area contributed by atoms with Gasteiger partial charge in [-0.2, -0.15) is 0 Å². The molecule has 0 N–H and O–H groups in total. The van der Waals surface area contributed by atoms with Crippen LogP contribution in [-0.4, -0.2) is 81.1 Å². The minimum atomic E-state index is -0.736. The molecule has 0 bridgehead atoms. The van der Waals surface area contributed by atoms with E-state index < -0.39 is 36.0 Å². The van der Waals surface area contributed by atoms with Crippen LogP contribution < -0.4 is 0 Å². The van der Waals surface area contributed by atoms with Gasteiger partial charge in [0.1, 0.15) is 38.1 Å². The summed E-state index contributed by atoms with van der Waals surface area (Å²) in [6.45, 7) is 4.23. The van der Waals surface area contributed by atoms with Crippen molar-refractivity contribution in [3.63, 3.8) is 0 Å². The van der Waals surface area contributed by atoms with Crippen molar-refractivity contribution in [3.8, 4) is 0 Å². The monoisotopic (exact) mass is 620 g/mol. The van der Waals surface area contributed by atoms with Gasteiger partial charge in [-0.25, -0.2) is 19.4 Å². The maximum atomic E-state index is 12.9. The van der Waals surface area contributed by atoms with Gasteiger partial charge in [-0.15, -0.1) is 0 Å². The summed E-state index contributed by atoms with van der Waals surface area (Å²) in [4.78, 5) is 71.8. The molecule has 0 radical (unpaired) electrons. The van der Waals surface area contributed by atoms with E-state index in [1.54, 1.807) is 75.4 Å². The Kier molecular flexibility index (Phi) is 14.2. The highest BCUT2D eigenvalue weighted by atomic mass is 17.2. The minimum Gasteiger partial charge on any atom is -0.459 e. The molecule has 0 aliphatic heterocycles. The molecular formula is C34H36O11. The Labute approximate surface area is 261 Å². The van der Waals surface area contributed by atoms with Crippen molar-refractivity contribution < 1.29 is 52.7 Å². The molecule has 0 heterocycles. The molecule has 0 spiro atoms. The van der Waals surface area contributed by atoms with Gasteiger partial charge < -0.3 is 18.9 Å². The highest BCUT2D eigenvalue weighted by Gasteiger charge is 2.21. The van der Waals surface area contributed by atoms with Gasteiger partial charge in [0.25, 0.3) is 0 Å². The number of benzene rings is 3. The number of ketones is 2. The summed E-state index contributed by atoms with van der Waals surface area (Å²) in [5, 5.41) is 0. The van der Waals surface area contributed by atoms with E-state index in [1.807, 2.05) is 0 Å². The number of ether oxygens (including phenoxy) is 4. The number of Topliss-reactive ketones (excluding diaryl/α,β-unsaturated/α-hetero) is 2. The van der Waals surface area contributed by atoms with Gasteiger partial charge >= 0.3 is 11.9 Å². The van der Waals surface area contributed by atoms with E-state index in [0.717, 1.165) is 0 Å². The highest BCUT2D eigenvalue weighted by molar-refractivity contribution is 6.07. The van der Waals surface area contributed by atoms with Crippen LogP contribution in [-0.2, 0) is 28.7 Å². The number of hydrogen-bond acceptors (Lipinski definition) is 11. The first kappa shape index (κ1) is 34.9. The molecule has 11 nitrogen and oxygen atoms in total. The zero-order valence-corrected chi connectivity index (χ0v) is 25.3. The maximum Gasteiger partial charge on any atom is 0.339 e. The number of carbonyl (C=O) groups is 5. The minimum absolute atomic E-state index is 0.0132. The summed E-state index contributed by atoms with van der Waals surface area (Å²) < 4.78 is 21.5. The van der Waals surface area contributed by atoms with Gasteiger partial charge in [0.05, 0.1) is 24.3 Å². The normalized spacial score (nSPS) is 12.9. The summed E-state index contributed by atoms with van der Waals surface area (Å²) in [6.07, 6.45) is -1.23. The van der Waals surface area contributed by atoms with Gasteiger partial charge in [-0.3, -0.25) is 14.4 Å². The second-order valence-electron chi connectivity index (χ2n) is 10.1. The van der Waals surface area contributed by atoms with Crippen LogP contribution in [0, 0.1) is 0 Å². The molecule has 0 amide bonds. The van der Waals surface area contributed by atoms with Crippen molar-refractivity contribution in [1.82, 2.24) is 0 Å². The van der Waals surface area contributed by atoms with Crippen molar-refractivity contribution >= 4 is 29.8 Å². The lowest BCUT2D eigenvalue weighted by Crippen LogP contribution is -2.26. The fourth-order valence-electron chi connectivity index (χ4n) is 3.92. The molecule has 0 aliphatic carbocycles. The molecule has 0 saturated heterocycles. The molecule has 3 unspecified atom stereocenters. The van der Waals surface area contributed by atoms with Crippen molar-refractivity contribution in [2.24, 2.45) is 0 Å². The second-order valence-corrected chi connectivity index (χ2v) is 10.1. The quantitative estimate of drug-likeness (QED) is 0.0604. The average molecular weight is 621 g/mol. The van der Waals surface area contributed by atoms with Gasteiger partial charge in [-0.1, -0.05) is 60.7 Å². The molecule has 3 aromatic rings. The number of aldehydes is 1. The fraction of sp³-hybridized carbons (Fsp3) is 0.324. The number of hydrogen-bond donors (Lipinski definition) is 0. The van der Waals surface area contributed by atoms with Gasteiger partial charge in [0.15, 0.2) is 17.9 Å². The molecule has 0 aromatic heterocycles. The molecule has 11 heteroatoms. The molecular weight excluding hydrogens is 584 g/mol. The highest BCUT2D eigenvalue weighted by Crippen LogP contribution is 2.14. The van der Waals surface area contributed by atoms with Crippen LogP contribution in [0.1, 0.15) is 72.6 Å². The van der Waals surface area contributed by atoms with Crippen LogP contribution in [0.2, 0.25) is 0 Å². The van der Waals surface area contributed by atoms with E-state index >= 15 is 0 Å². The zero-order valence-electron chi connectivity index (χ0n) is 25.3. The number of rotatable bonds is 19. The van der Waals surface area contributed by atoms with Crippen LogP contribution in [0.4, 0.5) is 0 Å². The van der Waals surface area contributed by atoms with E-state index in [0.29, 0.717) is 11.8 Å². The number of esters is 2. The lowest BCUT2D eigenvalue weighted by Gasteiger charge is -2.17. The Balaban J connectivity index is 1.38. The summed E-state index contributed by atoms with van der Waals surface area (Å²) in [6, 6.07) is 21.1. The summed E-state index contributed by atoms with van der Waals surface area (Å²) >= 11 is 0. The van der Waals surface area contributed by atoms with Crippen molar-refractivity contribution in [3.05, 3.63) is 107 Å². The lowest BCUT2D eigenvalue weighted by atomic mass is 10.0. The van der Waals surface area contributed by atoms with Crippen LogP contribution in [0.25, 0.3) is 0 Å². The second kappa shape index (κ2) is 18.3. The van der Waals surface area contributed by atoms with Crippen LogP contribution in [0.15, 0.2) is 78.9 Å². The fourth-order valence-corrected chi connectivity index (χ4v) is 3.92. The van der Waals surface area contributed by atoms with Crippen molar-refractivity contribution in [2.75, 3.05) is 33.0 Å². The molecule has 238 valence electrons. The SMILES string of the molecule is CC(COCC(=O)c1ccccc1C(=O)OC(C)COCC(=O)c1ccccc1C=O)OOC(C)COC(=O)c1ccccc1. The van der Waals surface area contributed by atoms with E-state index in [2.05, 4.69) is 0 Å². The Hall–Kier alpha value is -4.55. The van der Waals surface area contributed by atoms with Crippen LogP contribution in [0.5, 0.6) is 0 Å². The first-order valence-corrected chi connectivity index (χ1v) is 14.3. The average Bonchev–Trinajstić information content (AvgIpc) is 3.06. The van der Waals surface area contributed by atoms with E-state index in [9.17, 15) is 24.0 Å². The molecule has 3 atom stereocenters. The summed E-state index contributed by atoms with van der Waals surface area (Å²) in [5.74, 6) is -2.03. The summed E-state index contributed by atoms with van der Waals surface area (Å²) in [7, 11) is 0. The summed E-state index contributed by atoms with van der Waals surface area (Å²) in [5.41, 5.74) is 1.12. The number of carbonyl (C=O) groups excluding carboxylic acids is 5. The topological polar surface area (TPSA) is 141 Å². The van der Waals surface area contributed by atoms with E-state index in [-0.39, 0.29) is 61.1 Å². The molecule has 0 saturated carbocycles. The third-order valence-electron chi connectivity index (χ3n) is 6.16. The molecule has 0 aliphatic rings. The van der Waals surface area contributed by atoms with Crippen LogP contribution >= 0.6 is 0 Å². The molecule has 45 heavy (non-hydrogen) atoms. The first-order valence-electron chi connectivity index (χ1n) is 14.3. The van der Waals surface area contributed by atoms with Gasteiger partial charge in [0, 0.05) is 16.7 Å². The largest absolute Gasteiger partial charge is 0.459 e. The maximum absolute atomic E-state index is 12.9. The Morgan fingerprint density at radius 1 is 0.600 bits per heavy atom. The van der Waals surface area contributed by atoms with Gasteiger partial charge in [0.2, 0.25) is 0 Å². The third-order valence-corrected chi connectivity index (χ3v) is 6.16. The predicted octanol–water partition coefficient (Wildman–Crippen LogP) is 4.73. The molecule has 3 aromatic carbocycles. The standard InChI is InChI=1S/C34H36O11/c1-23(18-40-21-31(36)28-14-8-7-13-27(28)17-35)43-34(39)30-16-10-9-15-29(30)32(37)22-41-19-24(2)44-45-25(3)20-42-33(38)26-11-5-4-6-12-26/h4-17,23-25H,18-22H2,1-3H3. The Morgan fingerprint density at radius 2 is 1.11 bits per heavy atom. The zero-order chi connectivity index (χ0) is 32.6.